The van der Waals surface area contributed by atoms with Crippen LogP contribution in [0.3, 0.4) is 0 Å². The van der Waals surface area contributed by atoms with E-state index in [1.54, 1.807) is 0 Å². The highest BCUT2D eigenvalue weighted by molar-refractivity contribution is 7.91. The lowest BCUT2D eigenvalue weighted by molar-refractivity contribution is 0.296. The van der Waals surface area contributed by atoms with Gasteiger partial charge in [0.05, 0.1) is 11.0 Å². The average Bonchev–Trinajstić information content (AvgIpc) is 2.47. The van der Waals surface area contributed by atoms with E-state index in [-0.39, 0.29) is 17.0 Å². The smallest absolute Gasteiger partial charge is 0.158 e. The van der Waals surface area contributed by atoms with E-state index in [0.29, 0.717) is 5.92 Å². The second-order valence-electron chi connectivity index (χ2n) is 5.81. The van der Waals surface area contributed by atoms with E-state index in [9.17, 15) is 8.42 Å². The van der Waals surface area contributed by atoms with Gasteiger partial charge in [0.1, 0.15) is 0 Å². The van der Waals surface area contributed by atoms with E-state index >= 15 is 0 Å². The minimum atomic E-state index is -3.10. The van der Waals surface area contributed by atoms with Crippen LogP contribution in [0.15, 0.2) is 30.3 Å². The van der Waals surface area contributed by atoms with Crippen LogP contribution >= 0.6 is 0 Å². The van der Waals surface area contributed by atoms with Gasteiger partial charge in [-0.1, -0.05) is 43.7 Å². The van der Waals surface area contributed by atoms with Crippen molar-refractivity contribution in [1.29, 1.82) is 0 Å². The fourth-order valence-electron chi connectivity index (χ4n) is 3.22. The first-order valence-electron chi connectivity index (χ1n) is 7.49. The summed E-state index contributed by atoms with van der Waals surface area (Å²) >= 11 is 0. The molecule has 1 aliphatic rings. The molecule has 3 atom stereocenters. The number of nitrogens with one attached hydrogen (secondary N) is 1. The SMILES string of the molecule is CCC1CCC(NC)C(S(=O)(=O)Cc2ccccc2)C1. The molecule has 2 rings (SSSR count). The summed E-state index contributed by atoms with van der Waals surface area (Å²) in [5, 5.41) is 2.97. The second-order valence-corrected chi connectivity index (χ2v) is 8.03. The Morgan fingerprint density at radius 3 is 2.50 bits per heavy atom. The lowest BCUT2D eigenvalue weighted by Crippen LogP contribution is -2.47. The highest BCUT2D eigenvalue weighted by Crippen LogP contribution is 2.32. The van der Waals surface area contributed by atoms with Gasteiger partial charge >= 0.3 is 0 Å². The fraction of sp³-hybridized carbons (Fsp3) is 0.625. The van der Waals surface area contributed by atoms with Gasteiger partial charge in [-0.25, -0.2) is 8.42 Å². The van der Waals surface area contributed by atoms with Gasteiger partial charge in [-0.3, -0.25) is 0 Å². The summed E-state index contributed by atoms with van der Waals surface area (Å²) in [6, 6.07) is 9.61. The summed E-state index contributed by atoms with van der Waals surface area (Å²) < 4.78 is 25.5. The van der Waals surface area contributed by atoms with E-state index in [2.05, 4.69) is 12.2 Å². The van der Waals surface area contributed by atoms with Crippen molar-refractivity contribution >= 4 is 9.84 Å². The standard InChI is InChI=1S/C16H25NO2S/c1-3-13-9-10-15(17-2)16(11-13)20(18,19)12-14-7-5-4-6-8-14/h4-8,13,15-17H,3,9-12H2,1-2H3. The molecule has 0 spiro atoms. The molecule has 0 heterocycles. The average molecular weight is 295 g/mol. The monoisotopic (exact) mass is 295 g/mol. The van der Waals surface area contributed by atoms with Crippen LogP contribution in [-0.4, -0.2) is 26.8 Å². The van der Waals surface area contributed by atoms with E-state index in [4.69, 9.17) is 0 Å². The van der Waals surface area contributed by atoms with Crippen LogP contribution in [0.1, 0.15) is 38.2 Å². The van der Waals surface area contributed by atoms with Gasteiger partial charge in [0.25, 0.3) is 0 Å². The molecule has 0 saturated heterocycles. The maximum Gasteiger partial charge on any atom is 0.158 e. The highest BCUT2D eigenvalue weighted by atomic mass is 32.2. The number of hydrogen-bond donors (Lipinski definition) is 1. The first-order valence-corrected chi connectivity index (χ1v) is 9.21. The van der Waals surface area contributed by atoms with E-state index in [1.807, 2.05) is 37.4 Å². The molecule has 1 aromatic rings. The van der Waals surface area contributed by atoms with Gasteiger partial charge in [-0.15, -0.1) is 0 Å². The zero-order valence-electron chi connectivity index (χ0n) is 12.4. The molecule has 4 heteroatoms. The molecule has 0 amide bonds. The minimum Gasteiger partial charge on any atom is -0.316 e. The van der Waals surface area contributed by atoms with Crippen LogP contribution in [0.5, 0.6) is 0 Å². The van der Waals surface area contributed by atoms with E-state index < -0.39 is 9.84 Å². The molecule has 20 heavy (non-hydrogen) atoms. The predicted octanol–water partition coefficient (Wildman–Crippen LogP) is 2.77. The lowest BCUT2D eigenvalue weighted by Gasteiger charge is -2.35. The van der Waals surface area contributed by atoms with Crippen LogP contribution < -0.4 is 5.32 Å². The Hall–Kier alpha value is -0.870. The van der Waals surface area contributed by atoms with Crippen molar-refractivity contribution in [2.45, 2.75) is 49.7 Å². The molecule has 1 aliphatic carbocycles. The van der Waals surface area contributed by atoms with Crippen LogP contribution in [0.4, 0.5) is 0 Å². The summed E-state index contributed by atoms with van der Waals surface area (Å²) in [4.78, 5) is 0. The Balaban J connectivity index is 2.17. The molecule has 1 saturated carbocycles. The van der Waals surface area contributed by atoms with Crippen LogP contribution in [0, 0.1) is 5.92 Å². The first-order chi connectivity index (χ1) is 9.56. The summed E-state index contributed by atoms with van der Waals surface area (Å²) in [5.41, 5.74) is 0.890. The molecular weight excluding hydrogens is 270 g/mol. The predicted molar refractivity (Wildman–Crippen MR) is 83.3 cm³/mol. The second kappa shape index (κ2) is 6.72. The van der Waals surface area contributed by atoms with Gasteiger partial charge in [-0.05, 0) is 37.8 Å². The Morgan fingerprint density at radius 1 is 1.20 bits per heavy atom. The van der Waals surface area contributed by atoms with Gasteiger partial charge < -0.3 is 5.32 Å². The molecule has 0 radical (unpaired) electrons. The Kier molecular flexibility index (Phi) is 5.22. The Bertz CT molecular complexity index is 513. The Morgan fingerprint density at radius 2 is 1.90 bits per heavy atom. The van der Waals surface area contributed by atoms with Gasteiger partial charge in [0.15, 0.2) is 9.84 Å². The zero-order chi connectivity index (χ0) is 14.6. The van der Waals surface area contributed by atoms with Crippen molar-refractivity contribution in [3.8, 4) is 0 Å². The molecule has 112 valence electrons. The third-order valence-electron chi connectivity index (χ3n) is 4.52. The van der Waals surface area contributed by atoms with Crippen molar-refractivity contribution in [3.05, 3.63) is 35.9 Å². The van der Waals surface area contributed by atoms with Crippen molar-refractivity contribution in [3.63, 3.8) is 0 Å². The summed E-state index contributed by atoms with van der Waals surface area (Å²) in [5.74, 6) is 0.711. The molecular formula is C16H25NO2S. The topological polar surface area (TPSA) is 46.2 Å². The van der Waals surface area contributed by atoms with Gasteiger partial charge in [0, 0.05) is 6.04 Å². The molecule has 3 unspecified atom stereocenters. The third kappa shape index (κ3) is 3.61. The third-order valence-corrected chi connectivity index (χ3v) is 6.70. The largest absolute Gasteiger partial charge is 0.316 e. The highest BCUT2D eigenvalue weighted by Gasteiger charge is 2.37. The van der Waals surface area contributed by atoms with E-state index in [1.165, 1.54) is 0 Å². The number of benzene rings is 1. The lowest BCUT2D eigenvalue weighted by atomic mass is 9.84. The molecule has 1 aromatic carbocycles. The molecule has 0 bridgehead atoms. The molecule has 1 fully saturated rings. The van der Waals surface area contributed by atoms with E-state index in [0.717, 1.165) is 31.2 Å². The normalized spacial score (nSPS) is 27.4. The zero-order valence-corrected chi connectivity index (χ0v) is 13.2. The number of rotatable bonds is 5. The van der Waals surface area contributed by atoms with Gasteiger partial charge in [0.2, 0.25) is 0 Å². The molecule has 1 N–H and O–H groups in total. The molecule has 0 aromatic heterocycles. The number of hydrogen-bond acceptors (Lipinski definition) is 3. The van der Waals surface area contributed by atoms with Crippen molar-refractivity contribution in [2.24, 2.45) is 5.92 Å². The maximum absolute atomic E-state index is 12.7. The van der Waals surface area contributed by atoms with Crippen molar-refractivity contribution in [2.75, 3.05) is 7.05 Å². The van der Waals surface area contributed by atoms with Crippen LogP contribution in [-0.2, 0) is 15.6 Å². The summed E-state index contributed by atoms with van der Waals surface area (Å²) in [7, 11) is -1.23. The summed E-state index contributed by atoms with van der Waals surface area (Å²) in [6.07, 6.45) is 3.98. The van der Waals surface area contributed by atoms with Crippen molar-refractivity contribution < 1.29 is 8.42 Å². The fourth-order valence-corrected chi connectivity index (χ4v) is 5.43. The minimum absolute atomic E-state index is 0.103. The first kappa shape index (κ1) is 15.5. The summed E-state index contributed by atoms with van der Waals surface area (Å²) in [6.45, 7) is 2.16. The molecule has 0 aliphatic heterocycles. The van der Waals surface area contributed by atoms with Gasteiger partial charge in [-0.2, -0.15) is 0 Å². The van der Waals surface area contributed by atoms with Crippen LogP contribution in [0.25, 0.3) is 0 Å². The maximum atomic E-state index is 12.7. The number of sulfone groups is 1. The molecule has 3 nitrogen and oxygen atoms in total. The quantitative estimate of drug-likeness (QED) is 0.908. The van der Waals surface area contributed by atoms with Crippen LogP contribution in [0.2, 0.25) is 0 Å². The Labute approximate surface area is 122 Å². The van der Waals surface area contributed by atoms with Crippen molar-refractivity contribution in [1.82, 2.24) is 5.32 Å².